The van der Waals surface area contributed by atoms with Gasteiger partial charge in [0.05, 0.1) is 6.61 Å². The smallest absolute Gasteiger partial charge is 0.123 e. The van der Waals surface area contributed by atoms with E-state index in [0.717, 1.165) is 25.3 Å². The summed E-state index contributed by atoms with van der Waals surface area (Å²) >= 11 is 0. The quantitative estimate of drug-likeness (QED) is 0.885. The lowest BCUT2D eigenvalue weighted by Crippen LogP contribution is -2.55. The Labute approximate surface area is 113 Å². The van der Waals surface area contributed by atoms with E-state index in [0.29, 0.717) is 11.6 Å². The van der Waals surface area contributed by atoms with E-state index in [1.807, 2.05) is 0 Å². The molecule has 0 aliphatic carbocycles. The van der Waals surface area contributed by atoms with Gasteiger partial charge in [-0.1, -0.05) is 6.42 Å². The number of fused-ring (bicyclic) bond motifs is 1. The van der Waals surface area contributed by atoms with Crippen molar-refractivity contribution >= 4 is 5.69 Å². The number of rotatable bonds is 2. The molecule has 1 aromatic carbocycles. The van der Waals surface area contributed by atoms with Gasteiger partial charge in [0.2, 0.25) is 0 Å². The van der Waals surface area contributed by atoms with Gasteiger partial charge in [-0.25, -0.2) is 4.39 Å². The van der Waals surface area contributed by atoms with Gasteiger partial charge < -0.3 is 10.0 Å². The molecule has 2 saturated heterocycles. The van der Waals surface area contributed by atoms with Gasteiger partial charge in [0.15, 0.2) is 0 Å². The predicted molar refractivity (Wildman–Crippen MR) is 73.7 cm³/mol. The van der Waals surface area contributed by atoms with Gasteiger partial charge in [-0.3, -0.25) is 4.90 Å². The second-order valence-electron chi connectivity index (χ2n) is 5.56. The van der Waals surface area contributed by atoms with Gasteiger partial charge in [0, 0.05) is 36.9 Å². The molecule has 104 valence electrons. The van der Waals surface area contributed by atoms with Crippen molar-refractivity contribution in [2.24, 2.45) is 0 Å². The number of anilines is 1. The molecule has 1 atom stereocenters. The first-order valence-electron chi connectivity index (χ1n) is 7.16. The molecular weight excluding hydrogens is 243 g/mol. The molecule has 0 saturated carbocycles. The SMILES string of the molecule is OCc1cc(F)ccc1N1CCN2CCCCC2C1. The van der Waals surface area contributed by atoms with E-state index < -0.39 is 0 Å². The second kappa shape index (κ2) is 5.47. The third-order valence-corrected chi connectivity index (χ3v) is 4.39. The number of hydrogen-bond donors (Lipinski definition) is 1. The predicted octanol–water partition coefficient (Wildman–Crippen LogP) is 1.99. The highest BCUT2D eigenvalue weighted by atomic mass is 19.1. The van der Waals surface area contributed by atoms with Crippen molar-refractivity contribution in [1.82, 2.24) is 4.90 Å². The zero-order chi connectivity index (χ0) is 13.2. The van der Waals surface area contributed by atoms with Crippen LogP contribution in [0, 0.1) is 5.82 Å². The maximum Gasteiger partial charge on any atom is 0.123 e. The van der Waals surface area contributed by atoms with Gasteiger partial charge >= 0.3 is 0 Å². The lowest BCUT2D eigenvalue weighted by atomic mass is 9.98. The fraction of sp³-hybridized carbons (Fsp3) is 0.600. The van der Waals surface area contributed by atoms with Crippen molar-refractivity contribution in [3.63, 3.8) is 0 Å². The average molecular weight is 264 g/mol. The Balaban J connectivity index is 1.79. The molecule has 0 radical (unpaired) electrons. The largest absolute Gasteiger partial charge is 0.392 e. The number of benzene rings is 1. The van der Waals surface area contributed by atoms with Crippen LogP contribution in [-0.2, 0) is 6.61 Å². The van der Waals surface area contributed by atoms with Crippen LogP contribution in [0.25, 0.3) is 0 Å². The molecular formula is C15H21FN2O. The van der Waals surface area contributed by atoms with Gasteiger partial charge in [-0.05, 0) is 37.6 Å². The molecule has 0 aromatic heterocycles. The number of aliphatic hydroxyl groups excluding tert-OH is 1. The van der Waals surface area contributed by atoms with Crippen LogP contribution in [0.5, 0.6) is 0 Å². The summed E-state index contributed by atoms with van der Waals surface area (Å²) in [6.45, 7) is 4.16. The molecule has 2 heterocycles. The Bertz CT molecular complexity index is 452. The first-order valence-corrected chi connectivity index (χ1v) is 7.16. The summed E-state index contributed by atoms with van der Waals surface area (Å²) in [7, 11) is 0. The third kappa shape index (κ3) is 2.60. The van der Waals surface area contributed by atoms with Crippen molar-refractivity contribution in [1.29, 1.82) is 0 Å². The van der Waals surface area contributed by atoms with Crippen molar-refractivity contribution < 1.29 is 9.50 Å². The normalized spacial score (nSPS) is 24.3. The van der Waals surface area contributed by atoms with Crippen LogP contribution in [0.15, 0.2) is 18.2 Å². The second-order valence-corrected chi connectivity index (χ2v) is 5.56. The number of piperazine rings is 1. The summed E-state index contributed by atoms with van der Waals surface area (Å²) in [5.41, 5.74) is 1.69. The van der Waals surface area contributed by atoms with Crippen LogP contribution in [0.4, 0.5) is 10.1 Å². The standard InChI is InChI=1S/C15H21FN2O/c16-13-4-5-15(12(9-13)11-19)18-8-7-17-6-2-1-3-14(17)10-18/h4-5,9,14,19H,1-3,6-8,10-11H2. The first kappa shape index (κ1) is 12.9. The summed E-state index contributed by atoms with van der Waals surface area (Å²) in [4.78, 5) is 4.87. The van der Waals surface area contributed by atoms with E-state index >= 15 is 0 Å². The van der Waals surface area contributed by atoms with Crippen molar-refractivity contribution in [3.05, 3.63) is 29.6 Å². The van der Waals surface area contributed by atoms with Gasteiger partial charge in [-0.2, -0.15) is 0 Å². The Morgan fingerprint density at radius 3 is 2.95 bits per heavy atom. The highest BCUT2D eigenvalue weighted by Crippen LogP contribution is 2.27. The van der Waals surface area contributed by atoms with Gasteiger partial charge in [0.1, 0.15) is 5.82 Å². The molecule has 3 nitrogen and oxygen atoms in total. The molecule has 4 heteroatoms. The number of hydrogen-bond acceptors (Lipinski definition) is 3. The highest BCUT2D eigenvalue weighted by Gasteiger charge is 2.29. The van der Waals surface area contributed by atoms with Crippen LogP contribution in [0.2, 0.25) is 0 Å². The number of halogens is 1. The van der Waals surface area contributed by atoms with E-state index in [1.54, 1.807) is 6.07 Å². The molecule has 0 bridgehead atoms. The molecule has 2 aliphatic heterocycles. The molecule has 1 aromatic rings. The average Bonchev–Trinajstić information content (AvgIpc) is 2.46. The lowest BCUT2D eigenvalue weighted by molar-refractivity contribution is 0.133. The van der Waals surface area contributed by atoms with Crippen LogP contribution >= 0.6 is 0 Å². The van der Waals surface area contributed by atoms with Crippen LogP contribution in [0.3, 0.4) is 0 Å². The molecule has 2 aliphatic rings. The Hall–Kier alpha value is -1.13. The van der Waals surface area contributed by atoms with Crippen LogP contribution < -0.4 is 4.90 Å². The monoisotopic (exact) mass is 264 g/mol. The first-order chi connectivity index (χ1) is 9.28. The van der Waals surface area contributed by atoms with Crippen molar-refractivity contribution in [2.75, 3.05) is 31.1 Å². The summed E-state index contributed by atoms with van der Waals surface area (Å²) < 4.78 is 13.2. The zero-order valence-electron chi connectivity index (χ0n) is 11.2. The topological polar surface area (TPSA) is 26.7 Å². The summed E-state index contributed by atoms with van der Waals surface area (Å²) in [6.07, 6.45) is 3.88. The molecule has 1 N–H and O–H groups in total. The molecule has 1 unspecified atom stereocenters. The van der Waals surface area contributed by atoms with Crippen molar-refractivity contribution in [2.45, 2.75) is 31.9 Å². The van der Waals surface area contributed by atoms with E-state index in [1.165, 1.54) is 37.9 Å². The molecule has 19 heavy (non-hydrogen) atoms. The van der Waals surface area contributed by atoms with E-state index in [4.69, 9.17) is 0 Å². The lowest BCUT2D eigenvalue weighted by Gasteiger charge is -2.45. The van der Waals surface area contributed by atoms with E-state index in [-0.39, 0.29) is 12.4 Å². The molecule has 0 spiro atoms. The van der Waals surface area contributed by atoms with Gasteiger partial charge in [0.25, 0.3) is 0 Å². The van der Waals surface area contributed by atoms with Gasteiger partial charge in [-0.15, -0.1) is 0 Å². The Kier molecular flexibility index (Phi) is 3.71. The van der Waals surface area contributed by atoms with Crippen LogP contribution in [-0.4, -0.2) is 42.2 Å². The molecule has 3 rings (SSSR count). The minimum atomic E-state index is -0.274. The third-order valence-electron chi connectivity index (χ3n) is 4.39. The highest BCUT2D eigenvalue weighted by molar-refractivity contribution is 5.54. The Morgan fingerprint density at radius 2 is 2.11 bits per heavy atom. The van der Waals surface area contributed by atoms with Crippen LogP contribution in [0.1, 0.15) is 24.8 Å². The van der Waals surface area contributed by atoms with Crippen molar-refractivity contribution in [3.8, 4) is 0 Å². The summed E-state index contributed by atoms with van der Waals surface area (Å²) in [5, 5.41) is 9.40. The summed E-state index contributed by atoms with van der Waals surface area (Å²) in [6, 6.07) is 5.36. The minimum absolute atomic E-state index is 0.0992. The maximum absolute atomic E-state index is 13.2. The van der Waals surface area contributed by atoms with E-state index in [2.05, 4.69) is 9.80 Å². The summed E-state index contributed by atoms with van der Waals surface area (Å²) in [5.74, 6) is -0.274. The Morgan fingerprint density at radius 1 is 1.21 bits per heavy atom. The number of piperidine rings is 1. The number of aliphatic hydroxyl groups is 1. The molecule has 2 fully saturated rings. The maximum atomic E-state index is 13.2. The van der Waals surface area contributed by atoms with E-state index in [9.17, 15) is 9.50 Å². The zero-order valence-corrected chi connectivity index (χ0v) is 11.2. The minimum Gasteiger partial charge on any atom is -0.392 e. The fourth-order valence-electron chi connectivity index (χ4n) is 3.36. The fourth-order valence-corrected chi connectivity index (χ4v) is 3.36. The molecule has 0 amide bonds. The number of nitrogens with zero attached hydrogens (tertiary/aromatic N) is 2.